The minimum Gasteiger partial charge on any atom is -0.465 e. The minimum absolute atomic E-state index is 0.282. The van der Waals surface area contributed by atoms with E-state index in [0.717, 1.165) is 12.3 Å². The van der Waals surface area contributed by atoms with E-state index in [1.807, 2.05) is 12.1 Å². The zero-order valence-corrected chi connectivity index (χ0v) is 17.2. The lowest BCUT2D eigenvalue weighted by atomic mass is 9.97. The quantitative estimate of drug-likeness (QED) is 0.748. The maximum absolute atomic E-state index is 12.0. The molecule has 0 unspecified atom stereocenters. The molecule has 1 saturated carbocycles. The number of carbonyl (C=O) groups excluding carboxylic acids is 2. The van der Waals surface area contributed by atoms with Gasteiger partial charge in [0.15, 0.2) is 5.76 Å². The van der Waals surface area contributed by atoms with Crippen molar-refractivity contribution in [2.45, 2.75) is 57.5 Å². The fraction of sp³-hybridized carbons (Fsp3) is 0.478. The Morgan fingerprint density at radius 3 is 2.10 bits per heavy atom. The van der Waals surface area contributed by atoms with Crippen molar-refractivity contribution >= 4 is 11.9 Å². The van der Waals surface area contributed by atoms with Crippen molar-refractivity contribution in [1.82, 2.24) is 0 Å². The van der Waals surface area contributed by atoms with Crippen molar-refractivity contribution in [2.75, 3.05) is 14.2 Å². The average molecular weight is 400 g/mol. The third-order valence-corrected chi connectivity index (χ3v) is 5.52. The Hall–Kier alpha value is -2.60. The molecule has 6 nitrogen and oxygen atoms in total. The number of ether oxygens (including phenoxy) is 2. The molecule has 0 amide bonds. The van der Waals surface area contributed by atoms with E-state index >= 15 is 0 Å². The zero-order valence-electron chi connectivity index (χ0n) is 17.2. The topological polar surface area (TPSA) is 82.4 Å². The van der Waals surface area contributed by atoms with Gasteiger partial charge in [0.1, 0.15) is 12.3 Å². The first-order valence-corrected chi connectivity index (χ1v) is 10.3. The van der Waals surface area contributed by atoms with Crippen LogP contribution in [0.4, 0.5) is 0 Å². The molecule has 29 heavy (non-hydrogen) atoms. The molecule has 1 fully saturated rings. The molecule has 1 aromatic heterocycles. The average Bonchev–Trinajstić information content (AvgIpc) is 3.20. The van der Waals surface area contributed by atoms with Crippen molar-refractivity contribution in [3.05, 3.63) is 47.2 Å². The molecule has 2 N–H and O–H groups in total. The van der Waals surface area contributed by atoms with Gasteiger partial charge in [-0.2, -0.15) is 0 Å². The second-order valence-corrected chi connectivity index (χ2v) is 7.59. The lowest BCUT2D eigenvalue weighted by Gasteiger charge is -2.17. The molecule has 0 atom stereocenters. The molecule has 1 aliphatic carbocycles. The lowest BCUT2D eigenvalue weighted by Crippen LogP contribution is -2.88. The summed E-state index contributed by atoms with van der Waals surface area (Å²) in [6.07, 6.45) is 9.19. The Morgan fingerprint density at radius 2 is 1.52 bits per heavy atom. The highest BCUT2D eigenvalue weighted by Crippen LogP contribution is 2.25. The van der Waals surface area contributed by atoms with Gasteiger partial charge in [0.05, 0.1) is 31.4 Å². The van der Waals surface area contributed by atoms with Crippen LogP contribution in [0.2, 0.25) is 0 Å². The molecule has 1 heterocycles. The van der Waals surface area contributed by atoms with Gasteiger partial charge in [-0.1, -0.05) is 19.3 Å². The number of benzene rings is 1. The van der Waals surface area contributed by atoms with Gasteiger partial charge in [0.25, 0.3) is 0 Å². The molecule has 0 bridgehead atoms. The number of carbonyl (C=O) groups is 2. The van der Waals surface area contributed by atoms with E-state index in [9.17, 15) is 9.59 Å². The van der Waals surface area contributed by atoms with Crippen LogP contribution in [0.3, 0.4) is 0 Å². The van der Waals surface area contributed by atoms with E-state index in [-0.39, 0.29) is 11.1 Å². The Labute approximate surface area is 171 Å². The van der Waals surface area contributed by atoms with E-state index < -0.39 is 11.9 Å². The van der Waals surface area contributed by atoms with Gasteiger partial charge < -0.3 is 19.2 Å². The predicted molar refractivity (Wildman–Crippen MR) is 109 cm³/mol. The van der Waals surface area contributed by atoms with Crippen LogP contribution in [0.5, 0.6) is 0 Å². The molecule has 6 heteroatoms. The van der Waals surface area contributed by atoms with Crippen molar-refractivity contribution in [3.63, 3.8) is 0 Å². The van der Waals surface area contributed by atoms with Crippen LogP contribution >= 0.6 is 0 Å². The van der Waals surface area contributed by atoms with Gasteiger partial charge in [-0.3, -0.25) is 0 Å². The number of hydrogen-bond acceptors (Lipinski definition) is 5. The van der Waals surface area contributed by atoms with Crippen molar-refractivity contribution in [1.29, 1.82) is 0 Å². The first-order chi connectivity index (χ1) is 14.1. The summed E-state index contributed by atoms with van der Waals surface area (Å²) < 4.78 is 15.6. The number of methoxy groups -OCH3 is 2. The monoisotopic (exact) mass is 400 g/mol. The van der Waals surface area contributed by atoms with E-state index in [2.05, 4.69) is 5.32 Å². The molecule has 0 saturated heterocycles. The van der Waals surface area contributed by atoms with E-state index in [4.69, 9.17) is 13.9 Å². The lowest BCUT2D eigenvalue weighted by molar-refractivity contribution is -0.707. The van der Waals surface area contributed by atoms with Gasteiger partial charge in [-0.15, -0.1) is 0 Å². The molecular weight excluding hydrogens is 370 g/mol. The second kappa shape index (κ2) is 10.3. The second-order valence-electron chi connectivity index (χ2n) is 7.59. The highest BCUT2D eigenvalue weighted by Gasteiger charge is 2.18. The fourth-order valence-electron chi connectivity index (χ4n) is 3.89. The number of hydrogen-bond donors (Lipinski definition) is 1. The third-order valence-electron chi connectivity index (χ3n) is 5.52. The van der Waals surface area contributed by atoms with Gasteiger partial charge in [-0.05, 0) is 56.0 Å². The Morgan fingerprint density at radius 1 is 0.931 bits per heavy atom. The molecule has 0 radical (unpaired) electrons. The number of esters is 2. The highest BCUT2D eigenvalue weighted by atomic mass is 16.5. The van der Waals surface area contributed by atoms with E-state index in [0.29, 0.717) is 17.4 Å². The summed E-state index contributed by atoms with van der Waals surface area (Å²) in [4.78, 5) is 24.0. The summed E-state index contributed by atoms with van der Waals surface area (Å²) in [6.45, 7) is 0.783. The normalized spacial score (nSPS) is 15.4. The first-order valence-electron chi connectivity index (χ1n) is 10.3. The molecular formula is C23H30NO5+. The number of quaternary nitrogens is 1. The summed E-state index contributed by atoms with van der Waals surface area (Å²) in [6, 6.07) is 9.28. The number of furan rings is 1. The van der Waals surface area contributed by atoms with Gasteiger partial charge >= 0.3 is 11.9 Å². The number of nitrogens with two attached hydrogens (primary N) is 1. The van der Waals surface area contributed by atoms with Gasteiger partial charge in [0, 0.05) is 5.56 Å². The fourth-order valence-corrected chi connectivity index (χ4v) is 3.89. The highest BCUT2D eigenvalue weighted by molar-refractivity contribution is 5.97. The molecule has 3 rings (SSSR count). The van der Waals surface area contributed by atoms with Crippen LogP contribution in [0.15, 0.2) is 34.7 Å². The summed E-state index contributed by atoms with van der Waals surface area (Å²) in [5, 5.41) is 2.37. The van der Waals surface area contributed by atoms with Gasteiger partial charge in [-0.25, -0.2) is 9.59 Å². The van der Waals surface area contributed by atoms with Gasteiger partial charge in [0.2, 0.25) is 0 Å². The standard InChI is InChI=1S/C23H29NO5/c1-27-22(25)17-12-16(13-18(14-17)23(26)28-2)21-11-10-20(29-21)15-24-19-8-6-4-3-5-7-9-19/h10-14,19,24H,3-9,15H2,1-2H3/p+1. The molecule has 0 spiro atoms. The summed E-state index contributed by atoms with van der Waals surface area (Å²) in [5.41, 5.74) is 1.21. The van der Waals surface area contributed by atoms with Crippen LogP contribution in [0, 0.1) is 0 Å². The van der Waals surface area contributed by atoms with Crippen LogP contribution in [0.1, 0.15) is 71.4 Å². The molecule has 2 aromatic rings. The maximum atomic E-state index is 12.0. The zero-order chi connectivity index (χ0) is 20.6. The summed E-state index contributed by atoms with van der Waals surface area (Å²) in [7, 11) is 2.62. The van der Waals surface area contributed by atoms with E-state index in [1.54, 1.807) is 12.1 Å². The van der Waals surface area contributed by atoms with Crippen LogP contribution < -0.4 is 5.32 Å². The SMILES string of the molecule is COC(=O)c1cc(C(=O)OC)cc(-c2ccc(C[NH2+]C3CCCCCCC3)o2)c1. The Balaban J connectivity index is 1.74. The van der Waals surface area contributed by atoms with Crippen molar-refractivity contribution < 1.29 is 28.8 Å². The predicted octanol–water partition coefficient (Wildman–Crippen LogP) is 3.70. The Bertz CT molecular complexity index is 799. The third kappa shape index (κ3) is 5.70. The van der Waals surface area contributed by atoms with Crippen molar-refractivity contribution in [3.8, 4) is 11.3 Å². The Kier molecular flexibility index (Phi) is 7.47. The summed E-state index contributed by atoms with van der Waals surface area (Å²) >= 11 is 0. The molecule has 156 valence electrons. The molecule has 1 aromatic carbocycles. The first kappa shape index (κ1) is 21.1. The minimum atomic E-state index is -0.513. The summed E-state index contributed by atoms with van der Waals surface area (Å²) in [5.74, 6) is 0.468. The largest absolute Gasteiger partial charge is 0.465 e. The van der Waals surface area contributed by atoms with Crippen LogP contribution in [-0.4, -0.2) is 32.2 Å². The molecule has 0 aliphatic heterocycles. The smallest absolute Gasteiger partial charge is 0.337 e. The maximum Gasteiger partial charge on any atom is 0.337 e. The van der Waals surface area contributed by atoms with E-state index in [1.165, 1.54) is 65.2 Å². The van der Waals surface area contributed by atoms with Crippen LogP contribution in [0.25, 0.3) is 11.3 Å². The number of rotatable bonds is 6. The molecule has 1 aliphatic rings. The van der Waals surface area contributed by atoms with Crippen molar-refractivity contribution in [2.24, 2.45) is 0 Å². The van der Waals surface area contributed by atoms with Crippen LogP contribution in [-0.2, 0) is 16.0 Å².